The molecule has 0 atom stereocenters. The van der Waals surface area contributed by atoms with Crippen molar-refractivity contribution in [3.8, 4) is 17.0 Å². The van der Waals surface area contributed by atoms with E-state index in [0.717, 1.165) is 40.2 Å². The minimum absolute atomic E-state index is 0.113. The molecule has 0 radical (unpaired) electrons. The summed E-state index contributed by atoms with van der Waals surface area (Å²) in [5, 5.41) is 9.85. The van der Waals surface area contributed by atoms with Gasteiger partial charge in [0, 0.05) is 45.2 Å². The monoisotopic (exact) mass is 422 g/mol. The van der Waals surface area contributed by atoms with Crippen LogP contribution in [0.5, 0.6) is 5.75 Å². The summed E-state index contributed by atoms with van der Waals surface area (Å²) in [7, 11) is 0. The van der Waals surface area contributed by atoms with Crippen molar-refractivity contribution in [2.24, 2.45) is 0 Å². The molecule has 1 aliphatic rings. The number of aryl methyl sites for hydroxylation is 1. The number of carbonyl (C=O) groups excluding carboxylic acids is 1. The van der Waals surface area contributed by atoms with Gasteiger partial charge in [-0.3, -0.25) is 9.48 Å². The molecule has 1 amide bonds. The Morgan fingerprint density at radius 3 is 2.75 bits per heavy atom. The fourth-order valence-electron chi connectivity index (χ4n) is 4.71. The highest BCUT2D eigenvalue weighted by Crippen LogP contribution is 2.37. The van der Waals surface area contributed by atoms with Crippen LogP contribution < -0.4 is 10.1 Å². The summed E-state index contributed by atoms with van der Waals surface area (Å²) < 4.78 is 9.85. The second-order valence-electron chi connectivity index (χ2n) is 8.00. The maximum absolute atomic E-state index is 12.9. The zero-order valence-corrected chi connectivity index (χ0v) is 17.7. The molecule has 158 valence electrons. The van der Waals surface area contributed by atoms with E-state index in [-0.39, 0.29) is 12.5 Å². The number of rotatable bonds is 4. The van der Waals surface area contributed by atoms with E-state index in [4.69, 9.17) is 4.74 Å². The SMILES string of the molecule is CCn1c2ccccc2c2cc(NC(=O)Cn3ncc4c3-c3ccccc3OC4)ccc21. The maximum atomic E-state index is 12.9. The van der Waals surface area contributed by atoms with Crippen LogP contribution in [0, 0.1) is 0 Å². The van der Waals surface area contributed by atoms with Crippen molar-refractivity contribution in [1.82, 2.24) is 14.3 Å². The summed E-state index contributed by atoms with van der Waals surface area (Å²) in [5.41, 5.74) is 6.06. The number of anilines is 1. The molecule has 2 aromatic heterocycles. The summed E-state index contributed by atoms with van der Waals surface area (Å²) in [6.07, 6.45) is 1.78. The zero-order valence-electron chi connectivity index (χ0n) is 17.7. The van der Waals surface area contributed by atoms with Gasteiger partial charge >= 0.3 is 0 Å². The highest BCUT2D eigenvalue weighted by molar-refractivity contribution is 6.09. The number of nitrogens with zero attached hydrogens (tertiary/aromatic N) is 3. The van der Waals surface area contributed by atoms with Gasteiger partial charge in [-0.25, -0.2) is 0 Å². The summed E-state index contributed by atoms with van der Waals surface area (Å²) in [6.45, 7) is 3.64. The largest absolute Gasteiger partial charge is 0.488 e. The van der Waals surface area contributed by atoms with Gasteiger partial charge < -0.3 is 14.6 Å². The Morgan fingerprint density at radius 1 is 1.03 bits per heavy atom. The van der Waals surface area contributed by atoms with E-state index in [1.54, 1.807) is 10.9 Å². The average molecular weight is 422 g/mol. The van der Waals surface area contributed by atoms with E-state index in [1.165, 1.54) is 16.4 Å². The van der Waals surface area contributed by atoms with Crippen LogP contribution in [0.25, 0.3) is 33.1 Å². The van der Waals surface area contributed by atoms with Gasteiger partial charge in [-0.1, -0.05) is 30.3 Å². The summed E-state index contributed by atoms with van der Waals surface area (Å²) in [4.78, 5) is 12.9. The van der Waals surface area contributed by atoms with Crippen molar-refractivity contribution in [2.45, 2.75) is 26.6 Å². The molecular formula is C26H22N4O2. The van der Waals surface area contributed by atoms with Gasteiger partial charge in [-0.15, -0.1) is 0 Å². The molecule has 0 fully saturated rings. The summed E-state index contributed by atoms with van der Waals surface area (Å²) >= 11 is 0. The second-order valence-corrected chi connectivity index (χ2v) is 8.00. The Bertz CT molecular complexity index is 1490. The van der Waals surface area contributed by atoms with Crippen molar-refractivity contribution in [2.75, 3.05) is 5.32 Å². The van der Waals surface area contributed by atoms with Gasteiger partial charge in [0.1, 0.15) is 18.9 Å². The molecule has 3 heterocycles. The van der Waals surface area contributed by atoms with Gasteiger partial charge in [0.05, 0.1) is 11.9 Å². The van der Waals surface area contributed by atoms with Crippen molar-refractivity contribution >= 4 is 33.4 Å². The number of fused-ring (bicyclic) bond motifs is 6. The first-order valence-electron chi connectivity index (χ1n) is 10.8. The highest BCUT2D eigenvalue weighted by atomic mass is 16.5. The first kappa shape index (κ1) is 18.7. The van der Waals surface area contributed by atoms with Gasteiger partial charge in [0.2, 0.25) is 5.91 Å². The number of nitrogens with one attached hydrogen (secondary N) is 1. The summed E-state index contributed by atoms with van der Waals surface area (Å²) in [6, 6.07) is 22.3. The number of ether oxygens (including phenoxy) is 1. The number of benzene rings is 3. The van der Waals surface area contributed by atoms with Crippen LogP contribution in [0.4, 0.5) is 5.69 Å². The molecule has 0 spiro atoms. The number of hydrogen-bond donors (Lipinski definition) is 1. The third-order valence-corrected chi connectivity index (χ3v) is 6.11. The fraction of sp³-hybridized carbons (Fsp3) is 0.154. The summed E-state index contributed by atoms with van der Waals surface area (Å²) in [5.74, 6) is 0.707. The Morgan fingerprint density at radius 2 is 1.84 bits per heavy atom. The van der Waals surface area contributed by atoms with Gasteiger partial charge in [0.15, 0.2) is 0 Å². The molecule has 0 unspecified atom stereocenters. The first-order valence-corrected chi connectivity index (χ1v) is 10.8. The smallest absolute Gasteiger partial charge is 0.246 e. The molecule has 0 bridgehead atoms. The van der Waals surface area contributed by atoms with Gasteiger partial charge in [-0.2, -0.15) is 5.10 Å². The van der Waals surface area contributed by atoms with Crippen LogP contribution in [-0.4, -0.2) is 20.3 Å². The number of hydrogen-bond acceptors (Lipinski definition) is 3. The Hall–Kier alpha value is -4.06. The van der Waals surface area contributed by atoms with E-state index < -0.39 is 0 Å². The fourth-order valence-corrected chi connectivity index (χ4v) is 4.71. The molecule has 0 aliphatic carbocycles. The Kier molecular flexibility index (Phi) is 4.24. The lowest BCUT2D eigenvalue weighted by Crippen LogP contribution is -2.20. The van der Waals surface area contributed by atoms with Crippen LogP contribution in [0.1, 0.15) is 12.5 Å². The Balaban J connectivity index is 1.30. The van der Waals surface area contributed by atoms with Crippen LogP contribution in [0.2, 0.25) is 0 Å². The standard InChI is InChI=1S/C26H22N4O2/c1-2-29-22-9-5-3-7-19(22)21-13-18(11-12-23(21)29)28-25(31)15-30-26-17(14-27-30)16-32-24-10-6-4-8-20(24)26/h3-14H,2,15-16H2,1H3,(H,28,31). The van der Waals surface area contributed by atoms with Crippen molar-refractivity contribution in [1.29, 1.82) is 0 Å². The van der Waals surface area contributed by atoms with Crippen LogP contribution >= 0.6 is 0 Å². The normalized spacial score (nSPS) is 12.4. The third kappa shape index (κ3) is 2.87. The third-order valence-electron chi connectivity index (χ3n) is 6.11. The van der Waals surface area contributed by atoms with Gasteiger partial charge in [-0.05, 0) is 43.3 Å². The molecule has 1 aliphatic heterocycles. The number of aromatic nitrogens is 3. The first-order chi connectivity index (χ1) is 15.7. The van der Waals surface area contributed by atoms with E-state index in [0.29, 0.717) is 6.61 Å². The predicted molar refractivity (Wildman–Crippen MR) is 126 cm³/mol. The molecule has 6 rings (SSSR count). The predicted octanol–water partition coefficient (Wildman–Crippen LogP) is 5.21. The lowest BCUT2D eigenvalue weighted by atomic mass is 10.0. The molecule has 3 aromatic carbocycles. The molecule has 32 heavy (non-hydrogen) atoms. The van der Waals surface area contributed by atoms with Crippen LogP contribution in [-0.2, 0) is 24.5 Å². The van der Waals surface area contributed by atoms with Crippen molar-refractivity contribution in [3.05, 3.63) is 78.5 Å². The zero-order chi connectivity index (χ0) is 21.7. The van der Waals surface area contributed by atoms with E-state index in [9.17, 15) is 4.79 Å². The van der Waals surface area contributed by atoms with E-state index in [2.05, 4.69) is 58.3 Å². The second kappa shape index (κ2) is 7.27. The number of carbonyl (C=O) groups is 1. The van der Waals surface area contributed by atoms with Crippen LogP contribution in [0.15, 0.2) is 72.9 Å². The molecule has 0 saturated carbocycles. The number of para-hydroxylation sites is 2. The lowest BCUT2D eigenvalue weighted by Gasteiger charge is -2.19. The van der Waals surface area contributed by atoms with E-state index >= 15 is 0 Å². The minimum Gasteiger partial charge on any atom is -0.488 e. The van der Waals surface area contributed by atoms with Crippen molar-refractivity contribution in [3.63, 3.8) is 0 Å². The van der Waals surface area contributed by atoms with Crippen molar-refractivity contribution < 1.29 is 9.53 Å². The molecule has 1 N–H and O–H groups in total. The molecule has 6 heteroatoms. The minimum atomic E-state index is -0.113. The maximum Gasteiger partial charge on any atom is 0.246 e. The average Bonchev–Trinajstić information content (AvgIpc) is 3.37. The topological polar surface area (TPSA) is 61.1 Å². The highest BCUT2D eigenvalue weighted by Gasteiger charge is 2.23. The van der Waals surface area contributed by atoms with Gasteiger partial charge in [0.25, 0.3) is 0 Å². The molecule has 5 aromatic rings. The number of amides is 1. The quantitative estimate of drug-likeness (QED) is 0.433. The molecule has 6 nitrogen and oxygen atoms in total. The molecule has 0 saturated heterocycles. The van der Waals surface area contributed by atoms with Crippen LogP contribution in [0.3, 0.4) is 0 Å². The lowest BCUT2D eigenvalue weighted by molar-refractivity contribution is -0.116. The van der Waals surface area contributed by atoms with E-state index in [1.807, 2.05) is 30.3 Å². The molecular weight excluding hydrogens is 400 g/mol. The Labute approximate surface area is 185 Å².